The Kier molecular flexibility index (Phi) is 3.82. The molecule has 5 heteroatoms. The summed E-state index contributed by atoms with van der Waals surface area (Å²) in [6, 6.07) is 0.477. The number of aromatic nitrogens is 1. The van der Waals surface area contributed by atoms with Crippen molar-refractivity contribution < 1.29 is 4.74 Å². The van der Waals surface area contributed by atoms with Crippen LogP contribution in [0.5, 0.6) is 0 Å². The number of ether oxygens (including phenoxy) is 1. The molecule has 1 saturated heterocycles. The number of thiazole rings is 1. The van der Waals surface area contributed by atoms with Gasteiger partial charge in [0, 0.05) is 18.0 Å². The van der Waals surface area contributed by atoms with Crippen molar-refractivity contribution >= 4 is 16.5 Å². The first-order valence-electron chi connectivity index (χ1n) is 6.94. The first kappa shape index (κ1) is 12.4. The molecular formula is C13H21N3OS. The van der Waals surface area contributed by atoms with Gasteiger partial charge in [0.2, 0.25) is 0 Å². The van der Waals surface area contributed by atoms with Crippen molar-refractivity contribution in [3.05, 3.63) is 10.6 Å². The molecular weight excluding hydrogens is 246 g/mol. The Morgan fingerprint density at radius 3 is 3.06 bits per heavy atom. The molecule has 2 heterocycles. The third-order valence-corrected chi connectivity index (χ3v) is 4.87. The highest BCUT2D eigenvalue weighted by Gasteiger charge is 2.26. The maximum absolute atomic E-state index is 5.41. The SMILES string of the molecule is CCNC1CCCc2sc(N3CCOCC3)nc21. The number of hydrogen-bond donors (Lipinski definition) is 1. The van der Waals surface area contributed by atoms with Crippen LogP contribution < -0.4 is 10.2 Å². The minimum atomic E-state index is 0.477. The minimum absolute atomic E-state index is 0.477. The van der Waals surface area contributed by atoms with E-state index in [9.17, 15) is 0 Å². The van der Waals surface area contributed by atoms with Gasteiger partial charge < -0.3 is 15.0 Å². The van der Waals surface area contributed by atoms with Crippen LogP contribution >= 0.6 is 11.3 Å². The fraction of sp³-hybridized carbons (Fsp3) is 0.769. The smallest absolute Gasteiger partial charge is 0.185 e. The molecule has 2 aliphatic rings. The molecule has 0 amide bonds. The number of fused-ring (bicyclic) bond motifs is 1. The molecule has 100 valence electrons. The summed E-state index contributed by atoms with van der Waals surface area (Å²) in [5.74, 6) is 0. The van der Waals surface area contributed by atoms with Crippen LogP contribution in [0.1, 0.15) is 36.4 Å². The van der Waals surface area contributed by atoms with Crippen LogP contribution in [0.2, 0.25) is 0 Å². The van der Waals surface area contributed by atoms with Crippen LogP contribution in [0.25, 0.3) is 0 Å². The summed E-state index contributed by atoms with van der Waals surface area (Å²) in [7, 11) is 0. The van der Waals surface area contributed by atoms with E-state index in [0.717, 1.165) is 32.8 Å². The van der Waals surface area contributed by atoms with E-state index < -0.39 is 0 Å². The molecule has 18 heavy (non-hydrogen) atoms. The van der Waals surface area contributed by atoms with Gasteiger partial charge in [0.25, 0.3) is 0 Å². The lowest BCUT2D eigenvalue weighted by Gasteiger charge is -2.26. The number of hydrogen-bond acceptors (Lipinski definition) is 5. The molecule has 0 saturated carbocycles. The van der Waals surface area contributed by atoms with Crippen molar-refractivity contribution in [2.75, 3.05) is 37.7 Å². The van der Waals surface area contributed by atoms with Crippen molar-refractivity contribution in [2.45, 2.75) is 32.2 Å². The molecule has 1 unspecified atom stereocenters. The molecule has 1 fully saturated rings. The highest BCUT2D eigenvalue weighted by molar-refractivity contribution is 7.15. The lowest BCUT2D eigenvalue weighted by molar-refractivity contribution is 0.122. The maximum Gasteiger partial charge on any atom is 0.185 e. The normalized spacial score (nSPS) is 24.1. The zero-order chi connectivity index (χ0) is 12.4. The van der Waals surface area contributed by atoms with E-state index in [-0.39, 0.29) is 0 Å². The number of aryl methyl sites for hydroxylation is 1. The molecule has 0 radical (unpaired) electrons. The Morgan fingerprint density at radius 2 is 2.28 bits per heavy atom. The second kappa shape index (κ2) is 5.55. The van der Waals surface area contributed by atoms with E-state index in [1.807, 2.05) is 11.3 Å². The van der Waals surface area contributed by atoms with Crippen LogP contribution in [0.4, 0.5) is 5.13 Å². The molecule has 4 nitrogen and oxygen atoms in total. The van der Waals surface area contributed by atoms with E-state index >= 15 is 0 Å². The van der Waals surface area contributed by atoms with E-state index in [4.69, 9.17) is 9.72 Å². The lowest BCUT2D eigenvalue weighted by atomic mass is 9.98. The quantitative estimate of drug-likeness (QED) is 0.908. The monoisotopic (exact) mass is 267 g/mol. The number of rotatable bonds is 3. The van der Waals surface area contributed by atoms with Crippen molar-refractivity contribution in [3.8, 4) is 0 Å². The van der Waals surface area contributed by atoms with Crippen LogP contribution in [-0.4, -0.2) is 37.8 Å². The summed E-state index contributed by atoms with van der Waals surface area (Å²) >= 11 is 1.89. The van der Waals surface area contributed by atoms with Crippen molar-refractivity contribution in [1.29, 1.82) is 0 Å². The molecule has 1 aliphatic carbocycles. The average molecular weight is 267 g/mol. The summed E-state index contributed by atoms with van der Waals surface area (Å²) in [5, 5.41) is 4.76. The summed E-state index contributed by atoms with van der Waals surface area (Å²) in [6.07, 6.45) is 3.72. The van der Waals surface area contributed by atoms with Gasteiger partial charge in [-0.3, -0.25) is 0 Å². The Bertz CT molecular complexity index is 401. The molecule has 0 aromatic carbocycles. The number of anilines is 1. The molecule has 3 rings (SSSR count). The van der Waals surface area contributed by atoms with Gasteiger partial charge in [-0.05, 0) is 25.8 Å². The molecule has 1 N–H and O–H groups in total. The molecule has 0 bridgehead atoms. The number of nitrogens with zero attached hydrogens (tertiary/aromatic N) is 2. The highest BCUT2D eigenvalue weighted by Crippen LogP contribution is 2.36. The molecule has 1 atom stereocenters. The Morgan fingerprint density at radius 1 is 1.44 bits per heavy atom. The fourth-order valence-corrected chi connectivity index (χ4v) is 3.96. The van der Waals surface area contributed by atoms with Gasteiger partial charge in [-0.1, -0.05) is 6.92 Å². The maximum atomic E-state index is 5.41. The molecule has 1 aromatic rings. The second-order valence-electron chi connectivity index (χ2n) is 4.91. The van der Waals surface area contributed by atoms with Gasteiger partial charge in [0.1, 0.15) is 0 Å². The zero-order valence-corrected chi connectivity index (χ0v) is 11.8. The van der Waals surface area contributed by atoms with Crippen molar-refractivity contribution in [2.24, 2.45) is 0 Å². The van der Waals surface area contributed by atoms with Crippen LogP contribution in [0.15, 0.2) is 0 Å². The highest BCUT2D eigenvalue weighted by atomic mass is 32.1. The van der Waals surface area contributed by atoms with Gasteiger partial charge in [-0.15, -0.1) is 11.3 Å². The molecule has 1 aliphatic heterocycles. The first-order valence-corrected chi connectivity index (χ1v) is 7.76. The van der Waals surface area contributed by atoms with Gasteiger partial charge in [0.15, 0.2) is 5.13 Å². The second-order valence-corrected chi connectivity index (χ2v) is 5.97. The minimum Gasteiger partial charge on any atom is -0.378 e. The zero-order valence-electron chi connectivity index (χ0n) is 10.9. The van der Waals surface area contributed by atoms with Crippen LogP contribution in [0.3, 0.4) is 0 Å². The Hall–Kier alpha value is -0.650. The number of nitrogens with one attached hydrogen (secondary N) is 1. The van der Waals surface area contributed by atoms with Crippen molar-refractivity contribution in [1.82, 2.24) is 10.3 Å². The van der Waals surface area contributed by atoms with Crippen LogP contribution in [-0.2, 0) is 11.2 Å². The van der Waals surface area contributed by atoms with Crippen molar-refractivity contribution in [3.63, 3.8) is 0 Å². The topological polar surface area (TPSA) is 37.4 Å². The van der Waals surface area contributed by atoms with E-state index in [2.05, 4.69) is 17.1 Å². The van der Waals surface area contributed by atoms with Gasteiger partial charge in [-0.2, -0.15) is 0 Å². The summed E-state index contributed by atoms with van der Waals surface area (Å²) < 4.78 is 5.41. The number of morpholine rings is 1. The summed E-state index contributed by atoms with van der Waals surface area (Å²) in [6.45, 7) is 6.83. The van der Waals surface area contributed by atoms with Gasteiger partial charge >= 0.3 is 0 Å². The lowest BCUT2D eigenvalue weighted by Crippen LogP contribution is -2.36. The first-order chi connectivity index (χ1) is 8.88. The Balaban J connectivity index is 1.81. The predicted molar refractivity (Wildman–Crippen MR) is 74.5 cm³/mol. The van der Waals surface area contributed by atoms with E-state index in [1.165, 1.54) is 35.0 Å². The van der Waals surface area contributed by atoms with E-state index in [0.29, 0.717) is 6.04 Å². The average Bonchev–Trinajstić information content (AvgIpc) is 2.85. The summed E-state index contributed by atoms with van der Waals surface area (Å²) in [5.41, 5.74) is 1.31. The standard InChI is InChI=1S/C13H21N3OS/c1-2-14-10-4-3-5-11-12(10)15-13(18-11)16-6-8-17-9-7-16/h10,14H,2-9H2,1H3. The molecule has 1 aromatic heterocycles. The largest absolute Gasteiger partial charge is 0.378 e. The fourth-order valence-electron chi connectivity index (χ4n) is 2.74. The molecule has 0 spiro atoms. The predicted octanol–water partition coefficient (Wildman–Crippen LogP) is 1.97. The third-order valence-electron chi connectivity index (χ3n) is 3.68. The van der Waals surface area contributed by atoms with E-state index in [1.54, 1.807) is 0 Å². The Labute approximate surface area is 112 Å². The van der Waals surface area contributed by atoms with Gasteiger partial charge in [-0.25, -0.2) is 4.98 Å². The van der Waals surface area contributed by atoms with Crippen LogP contribution in [0, 0.1) is 0 Å². The van der Waals surface area contributed by atoms with Gasteiger partial charge in [0.05, 0.1) is 24.9 Å². The summed E-state index contributed by atoms with van der Waals surface area (Å²) in [4.78, 5) is 8.77. The third kappa shape index (κ3) is 2.39.